The third-order valence-corrected chi connectivity index (χ3v) is 3.98. The predicted molar refractivity (Wildman–Crippen MR) is 81.5 cm³/mol. The van der Waals surface area contributed by atoms with Crippen LogP contribution in [0.3, 0.4) is 0 Å². The number of aryl methyl sites for hydroxylation is 1. The number of carbonyl (C=O) groups is 1. The lowest BCUT2D eigenvalue weighted by molar-refractivity contribution is 0.0980. The molecule has 3 rings (SSSR count). The fraction of sp³-hybridized carbons (Fsp3) is 0.267. The first-order chi connectivity index (χ1) is 9.70. The molecule has 0 saturated carbocycles. The highest BCUT2D eigenvalue weighted by atomic mass is 79.9. The van der Waals surface area contributed by atoms with Crippen LogP contribution < -0.4 is 9.64 Å². The Kier molecular flexibility index (Phi) is 3.53. The number of nitrogens with one attached hydrogen (secondary N) is 1. The van der Waals surface area contributed by atoms with E-state index in [9.17, 15) is 4.79 Å². The molecule has 1 aromatic heterocycles. The highest BCUT2D eigenvalue weighted by Gasteiger charge is 2.27. The topological polar surface area (TPSA) is 45.3 Å². The number of benzene rings is 1. The van der Waals surface area contributed by atoms with Crippen molar-refractivity contribution in [2.24, 2.45) is 0 Å². The number of anilines is 1. The lowest BCUT2D eigenvalue weighted by Gasteiger charge is -2.30. The van der Waals surface area contributed by atoms with Crippen molar-refractivity contribution in [3.05, 3.63) is 46.2 Å². The van der Waals surface area contributed by atoms with E-state index in [2.05, 4.69) is 27.0 Å². The number of ether oxygens (including phenoxy) is 1. The first kappa shape index (κ1) is 13.2. The highest BCUT2D eigenvalue weighted by Crippen LogP contribution is 2.36. The van der Waals surface area contributed by atoms with Crippen molar-refractivity contribution in [2.45, 2.75) is 12.8 Å². The molecule has 0 bridgehead atoms. The second-order valence-electron chi connectivity index (χ2n) is 4.76. The van der Waals surface area contributed by atoms with Crippen LogP contribution in [0.5, 0.6) is 5.75 Å². The van der Waals surface area contributed by atoms with E-state index in [-0.39, 0.29) is 5.91 Å². The van der Waals surface area contributed by atoms with Crippen LogP contribution in [0.4, 0.5) is 5.69 Å². The molecule has 0 unspecified atom stereocenters. The Morgan fingerprint density at radius 1 is 1.45 bits per heavy atom. The van der Waals surface area contributed by atoms with Gasteiger partial charge in [0.2, 0.25) is 0 Å². The SMILES string of the molecule is COc1cccc2c1N(C(=O)c1cc(Br)c[nH]1)CCC2. The molecule has 1 aromatic carbocycles. The van der Waals surface area contributed by atoms with Crippen molar-refractivity contribution < 1.29 is 9.53 Å². The monoisotopic (exact) mass is 334 g/mol. The summed E-state index contributed by atoms with van der Waals surface area (Å²) in [6.07, 6.45) is 3.71. The van der Waals surface area contributed by atoms with Gasteiger partial charge in [-0.1, -0.05) is 12.1 Å². The molecule has 0 spiro atoms. The maximum atomic E-state index is 12.7. The molecule has 4 nitrogen and oxygen atoms in total. The number of halogens is 1. The number of para-hydroxylation sites is 1. The minimum atomic E-state index is -0.0267. The van der Waals surface area contributed by atoms with E-state index in [1.807, 2.05) is 12.1 Å². The fourth-order valence-electron chi connectivity index (χ4n) is 2.62. The lowest BCUT2D eigenvalue weighted by atomic mass is 10.0. The zero-order chi connectivity index (χ0) is 14.1. The van der Waals surface area contributed by atoms with Crippen molar-refractivity contribution in [2.75, 3.05) is 18.6 Å². The third kappa shape index (κ3) is 2.22. The smallest absolute Gasteiger partial charge is 0.274 e. The number of aromatic amines is 1. The van der Waals surface area contributed by atoms with Gasteiger partial charge in [-0.2, -0.15) is 0 Å². The summed E-state index contributed by atoms with van der Waals surface area (Å²) in [6.45, 7) is 0.711. The molecule has 1 amide bonds. The van der Waals surface area contributed by atoms with Crippen molar-refractivity contribution in [1.29, 1.82) is 0 Å². The van der Waals surface area contributed by atoms with Crippen molar-refractivity contribution in [3.63, 3.8) is 0 Å². The summed E-state index contributed by atoms with van der Waals surface area (Å²) in [5.74, 6) is 0.724. The van der Waals surface area contributed by atoms with Gasteiger partial charge in [0, 0.05) is 17.2 Å². The average molecular weight is 335 g/mol. The molecule has 0 atom stereocenters. The van der Waals surface area contributed by atoms with Crippen LogP contribution in [0.25, 0.3) is 0 Å². The number of H-pyrrole nitrogens is 1. The summed E-state index contributed by atoms with van der Waals surface area (Å²) in [5, 5.41) is 0. The van der Waals surface area contributed by atoms with Crippen LogP contribution in [0.2, 0.25) is 0 Å². The Morgan fingerprint density at radius 3 is 3.00 bits per heavy atom. The number of nitrogens with zero attached hydrogens (tertiary/aromatic N) is 1. The van der Waals surface area contributed by atoms with E-state index >= 15 is 0 Å². The van der Waals surface area contributed by atoms with E-state index in [1.54, 1.807) is 24.3 Å². The Hall–Kier alpha value is -1.75. The number of methoxy groups -OCH3 is 1. The van der Waals surface area contributed by atoms with Crippen molar-refractivity contribution >= 4 is 27.5 Å². The Labute approximate surface area is 125 Å². The number of hydrogen-bond donors (Lipinski definition) is 1. The highest BCUT2D eigenvalue weighted by molar-refractivity contribution is 9.10. The standard InChI is InChI=1S/C15H15BrN2O2/c1-20-13-6-2-4-10-5-3-7-18(14(10)13)15(19)12-8-11(16)9-17-12/h2,4,6,8-9,17H,3,5,7H2,1H3. The summed E-state index contributed by atoms with van der Waals surface area (Å²) < 4.78 is 6.29. The quantitative estimate of drug-likeness (QED) is 0.914. The molecule has 20 heavy (non-hydrogen) atoms. The van der Waals surface area contributed by atoms with Crippen LogP contribution in [-0.2, 0) is 6.42 Å². The summed E-state index contributed by atoms with van der Waals surface area (Å²) in [5.41, 5.74) is 2.64. The molecule has 1 aliphatic heterocycles. The zero-order valence-corrected chi connectivity index (χ0v) is 12.7. The number of fused-ring (bicyclic) bond motifs is 1. The molecule has 0 fully saturated rings. The second kappa shape index (κ2) is 5.32. The van der Waals surface area contributed by atoms with E-state index in [0.29, 0.717) is 12.2 Å². The van der Waals surface area contributed by atoms with Gasteiger partial charge in [-0.05, 0) is 46.5 Å². The number of rotatable bonds is 2. The molecule has 0 aliphatic carbocycles. The van der Waals surface area contributed by atoms with Gasteiger partial charge in [0.05, 0.1) is 12.8 Å². The van der Waals surface area contributed by atoms with E-state index < -0.39 is 0 Å². The molecule has 2 heterocycles. The number of amides is 1. The fourth-order valence-corrected chi connectivity index (χ4v) is 2.96. The van der Waals surface area contributed by atoms with Crippen LogP contribution in [-0.4, -0.2) is 24.5 Å². The maximum absolute atomic E-state index is 12.7. The van der Waals surface area contributed by atoms with Crippen molar-refractivity contribution in [1.82, 2.24) is 4.98 Å². The van der Waals surface area contributed by atoms with Gasteiger partial charge in [-0.25, -0.2) is 0 Å². The number of hydrogen-bond acceptors (Lipinski definition) is 2. The van der Waals surface area contributed by atoms with Crippen LogP contribution >= 0.6 is 15.9 Å². The van der Waals surface area contributed by atoms with Gasteiger partial charge < -0.3 is 14.6 Å². The first-order valence-corrected chi connectivity index (χ1v) is 7.31. The average Bonchev–Trinajstić information content (AvgIpc) is 2.91. The molecular formula is C15H15BrN2O2. The molecule has 5 heteroatoms. The van der Waals surface area contributed by atoms with Crippen LogP contribution in [0.15, 0.2) is 34.9 Å². The second-order valence-corrected chi connectivity index (χ2v) is 5.68. The minimum absolute atomic E-state index is 0.0267. The molecular weight excluding hydrogens is 320 g/mol. The third-order valence-electron chi connectivity index (χ3n) is 3.52. The summed E-state index contributed by atoms with van der Waals surface area (Å²) in [6, 6.07) is 7.72. The van der Waals surface area contributed by atoms with Crippen molar-refractivity contribution in [3.8, 4) is 5.75 Å². The van der Waals surface area contributed by atoms with Gasteiger partial charge in [0.25, 0.3) is 5.91 Å². The Balaban J connectivity index is 2.03. The first-order valence-electron chi connectivity index (χ1n) is 6.52. The maximum Gasteiger partial charge on any atom is 0.274 e. The molecule has 1 aliphatic rings. The normalized spacial score (nSPS) is 14.0. The number of aromatic nitrogens is 1. The summed E-state index contributed by atoms with van der Waals surface area (Å²) in [7, 11) is 1.64. The van der Waals surface area contributed by atoms with E-state index in [1.165, 1.54) is 0 Å². The van der Waals surface area contributed by atoms with Gasteiger partial charge in [0.15, 0.2) is 0 Å². The Morgan fingerprint density at radius 2 is 2.30 bits per heavy atom. The van der Waals surface area contributed by atoms with Gasteiger partial charge in [-0.3, -0.25) is 4.79 Å². The predicted octanol–water partition coefficient (Wildman–Crippen LogP) is 3.38. The molecule has 0 radical (unpaired) electrons. The number of carbonyl (C=O) groups excluding carboxylic acids is 1. The zero-order valence-electron chi connectivity index (χ0n) is 11.1. The molecule has 0 saturated heterocycles. The lowest BCUT2D eigenvalue weighted by Crippen LogP contribution is -2.36. The van der Waals surface area contributed by atoms with E-state index in [4.69, 9.17) is 4.74 Å². The molecule has 1 N–H and O–H groups in total. The molecule has 2 aromatic rings. The largest absolute Gasteiger partial charge is 0.495 e. The van der Waals surface area contributed by atoms with E-state index in [0.717, 1.165) is 34.3 Å². The summed E-state index contributed by atoms with van der Waals surface area (Å²) >= 11 is 3.36. The Bertz CT molecular complexity index is 637. The summed E-state index contributed by atoms with van der Waals surface area (Å²) in [4.78, 5) is 17.5. The minimum Gasteiger partial charge on any atom is -0.495 e. The van der Waals surface area contributed by atoms with Gasteiger partial charge in [0.1, 0.15) is 11.4 Å². The van der Waals surface area contributed by atoms with Gasteiger partial charge in [-0.15, -0.1) is 0 Å². The van der Waals surface area contributed by atoms with Crippen LogP contribution in [0.1, 0.15) is 22.5 Å². The molecule has 104 valence electrons. The van der Waals surface area contributed by atoms with Crippen LogP contribution in [0, 0.1) is 0 Å². The van der Waals surface area contributed by atoms with Gasteiger partial charge >= 0.3 is 0 Å².